The third-order valence-corrected chi connectivity index (χ3v) is 6.79. The minimum Gasteiger partial charge on any atom is -0.484 e. The third kappa shape index (κ3) is 4.20. The van der Waals surface area contributed by atoms with Crippen LogP contribution in [0.3, 0.4) is 0 Å². The summed E-state index contributed by atoms with van der Waals surface area (Å²) in [4.78, 5) is 26.7. The number of nitrogens with zero attached hydrogens (tertiary/aromatic N) is 1. The van der Waals surface area contributed by atoms with Crippen molar-refractivity contribution in [3.63, 3.8) is 0 Å². The molecule has 3 N–H and O–H groups in total. The second-order valence-electron chi connectivity index (χ2n) is 8.66. The Balaban J connectivity index is 1.22. The van der Waals surface area contributed by atoms with E-state index in [4.69, 9.17) is 16.3 Å². The molecule has 3 saturated carbocycles. The number of halogens is 4. The van der Waals surface area contributed by atoms with Crippen LogP contribution in [-0.2, 0) is 9.59 Å². The molecule has 3 aliphatic carbocycles. The van der Waals surface area contributed by atoms with Gasteiger partial charge in [-0.25, -0.2) is 13.2 Å². The molecular formula is C20H24ClF3N4O3. The van der Waals surface area contributed by atoms with E-state index in [1.807, 2.05) is 0 Å². The van der Waals surface area contributed by atoms with Gasteiger partial charge in [-0.05, 0) is 31.4 Å². The summed E-state index contributed by atoms with van der Waals surface area (Å²) < 4.78 is 44.2. The van der Waals surface area contributed by atoms with Crippen LogP contribution < -0.4 is 20.7 Å². The summed E-state index contributed by atoms with van der Waals surface area (Å²) in [5.74, 6) is -0.887. The van der Waals surface area contributed by atoms with E-state index in [1.54, 1.807) is 11.9 Å². The minimum absolute atomic E-state index is 0.0253. The molecule has 1 aromatic rings. The lowest BCUT2D eigenvalue weighted by molar-refractivity contribution is -0.188. The number of alkyl halides is 2. The average Bonchev–Trinajstić information content (AvgIpc) is 2.69. The molecule has 0 aromatic heterocycles. The SMILES string of the molecule is CN(C(=O)C1CNC(C(F)F)CN1)C12CC(NC(=O)COc3ccc(Cl)c(F)c3)(C1)C2. The second-order valence-corrected chi connectivity index (χ2v) is 9.06. The largest absolute Gasteiger partial charge is 0.484 e. The Hall–Kier alpha value is -2.04. The summed E-state index contributed by atoms with van der Waals surface area (Å²) in [6, 6.07) is 2.45. The van der Waals surface area contributed by atoms with E-state index in [2.05, 4.69) is 16.0 Å². The fourth-order valence-electron chi connectivity index (χ4n) is 4.77. The summed E-state index contributed by atoms with van der Waals surface area (Å²) in [6.45, 7) is -0.0707. The van der Waals surface area contributed by atoms with Crippen molar-refractivity contribution >= 4 is 23.4 Å². The number of benzene rings is 1. The Morgan fingerprint density at radius 1 is 1.29 bits per heavy atom. The second kappa shape index (κ2) is 8.14. The van der Waals surface area contributed by atoms with Crippen molar-refractivity contribution in [2.45, 2.75) is 48.8 Å². The van der Waals surface area contributed by atoms with Crippen molar-refractivity contribution in [2.24, 2.45) is 0 Å². The summed E-state index contributed by atoms with van der Waals surface area (Å²) in [5, 5.41) is 8.52. The molecule has 1 saturated heterocycles. The molecule has 2 bridgehead atoms. The molecule has 11 heteroatoms. The van der Waals surface area contributed by atoms with Gasteiger partial charge in [-0.15, -0.1) is 0 Å². The van der Waals surface area contributed by atoms with Crippen LogP contribution in [-0.4, -0.2) is 73.0 Å². The molecule has 2 unspecified atom stereocenters. The number of rotatable bonds is 7. The zero-order valence-electron chi connectivity index (χ0n) is 16.9. The summed E-state index contributed by atoms with van der Waals surface area (Å²) in [7, 11) is 1.71. The standard InChI is InChI=1S/C20H24ClF3N4O3/c1-28(18(30)15-6-25-14(5-26-15)17(23)24)20-8-19(9-20,10-20)27-16(29)7-31-11-2-3-12(21)13(22)4-11/h2-4,14-15,17,25-26H,5-10H2,1H3,(H,27,29). The molecule has 4 fully saturated rings. The number of hydrogen-bond acceptors (Lipinski definition) is 5. The van der Waals surface area contributed by atoms with Crippen molar-refractivity contribution in [3.05, 3.63) is 29.0 Å². The number of hydrogen-bond donors (Lipinski definition) is 3. The highest BCUT2D eigenvalue weighted by Crippen LogP contribution is 2.63. The molecule has 31 heavy (non-hydrogen) atoms. The quantitative estimate of drug-likeness (QED) is 0.571. The van der Waals surface area contributed by atoms with Gasteiger partial charge in [-0.2, -0.15) is 0 Å². The Morgan fingerprint density at radius 2 is 2.00 bits per heavy atom. The predicted molar refractivity (Wildman–Crippen MR) is 107 cm³/mol. The van der Waals surface area contributed by atoms with Gasteiger partial charge in [0.1, 0.15) is 11.6 Å². The van der Waals surface area contributed by atoms with E-state index in [-0.39, 0.29) is 53.4 Å². The molecular weight excluding hydrogens is 437 g/mol. The van der Waals surface area contributed by atoms with Gasteiger partial charge >= 0.3 is 0 Å². The number of ether oxygens (including phenoxy) is 1. The van der Waals surface area contributed by atoms with Crippen molar-refractivity contribution in [3.8, 4) is 5.75 Å². The minimum atomic E-state index is -2.48. The molecule has 0 radical (unpaired) electrons. The number of likely N-dealkylation sites (N-methyl/N-ethyl adjacent to an activating group) is 1. The number of carbonyl (C=O) groups is 2. The fourth-order valence-corrected chi connectivity index (χ4v) is 4.89. The normalized spacial score (nSPS) is 31.4. The molecule has 2 amide bonds. The number of carbonyl (C=O) groups excluding carboxylic acids is 2. The maximum absolute atomic E-state index is 13.4. The highest BCUT2D eigenvalue weighted by molar-refractivity contribution is 6.30. The van der Waals surface area contributed by atoms with Crippen LogP contribution in [0, 0.1) is 5.82 Å². The van der Waals surface area contributed by atoms with E-state index in [1.165, 1.54) is 12.1 Å². The van der Waals surface area contributed by atoms with Crippen molar-refractivity contribution in [1.82, 2.24) is 20.9 Å². The number of amides is 2. The third-order valence-electron chi connectivity index (χ3n) is 6.48. The molecule has 5 rings (SSSR count). The first-order valence-corrected chi connectivity index (χ1v) is 10.4. The Bertz CT molecular complexity index is 859. The predicted octanol–water partition coefficient (Wildman–Crippen LogP) is 1.30. The number of piperazine rings is 1. The van der Waals surface area contributed by atoms with Gasteiger partial charge in [-0.3, -0.25) is 9.59 Å². The van der Waals surface area contributed by atoms with E-state index < -0.39 is 24.3 Å². The monoisotopic (exact) mass is 460 g/mol. The topological polar surface area (TPSA) is 82.7 Å². The van der Waals surface area contributed by atoms with Gasteiger partial charge in [0.25, 0.3) is 12.3 Å². The Kier molecular flexibility index (Phi) is 5.82. The maximum Gasteiger partial charge on any atom is 0.258 e. The fraction of sp³-hybridized carbons (Fsp3) is 0.600. The smallest absolute Gasteiger partial charge is 0.258 e. The van der Waals surface area contributed by atoms with E-state index in [0.29, 0.717) is 19.3 Å². The highest BCUT2D eigenvalue weighted by atomic mass is 35.5. The first-order valence-electron chi connectivity index (χ1n) is 10.0. The summed E-state index contributed by atoms with van der Waals surface area (Å²) in [5.41, 5.74) is -0.676. The Morgan fingerprint density at radius 3 is 2.58 bits per heavy atom. The maximum atomic E-state index is 13.4. The van der Waals surface area contributed by atoms with Crippen LogP contribution in [0.4, 0.5) is 13.2 Å². The van der Waals surface area contributed by atoms with Crippen molar-refractivity contribution in [1.29, 1.82) is 0 Å². The molecule has 7 nitrogen and oxygen atoms in total. The van der Waals surface area contributed by atoms with E-state index >= 15 is 0 Å². The molecule has 170 valence electrons. The van der Waals surface area contributed by atoms with Crippen LogP contribution >= 0.6 is 11.6 Å². The summed E-state index contributed by atoms with van der Waals surface area (Å²) >= 11 is 5.62. The van der Waals surface area contributed by atoms with Crippen LogP contribution in [0.25, 0.3) is 0 Å². The zero-order valence-corrected chi connectivity index (χ0v) is 17.6. The molecule has 2 atom stereocenters. The molecule has 1 aromatic carbocycles. The highest BCUT2D eigenvalue weighted by Gasteiger charge is 2.71. The van der Waals surface area contributed by atoms with Crippen molar-refractivity contribution < 1.29 is 27.5 Å². The van der Waals surface area contributed by atoms with Gasteiger partial charge in [0.15, 0.2) is 6.61 Å². The lowest BCUT2D eigenvalue weighted by atomic mass is 9.43. The Labute approximate surface area is 182 Å². The van der Waals surface area contributed by atoms with E-state index in [9.17, 15) is 22.8 Å². The first kappa shape index (κ1) is 22.2. The average molecular weight is 461 g/mol. The van der Waals surface area contributed by atoms with Gasteiger partial charge < -0.3 is 25.6 Å². The van der Waals surface area contributed by atoms with Gasteiger partial charge in [-0.1, -0.05) is 11.6 Å². The van der Waals surface area contributed by atoms with Crippen LogP contribution in [0.15, 0.2) is 18.2 Å². The van der Waals surface area contributed by atoms with Crippen molar-refractivity contribution in [2.75, 3.05) is 26.7 Å². The van der Waals surface area contributed by atoms with Gasteiger partial charge in [0.2, 0.25) is 5.91 Å². The van der Waals surface area contributed by atoms with Crippen LogP contribution in [0.5, 0.6) is 5.75 Å². The van der Waals surface area contributed by atoms with E-state index in [0.717, 1.165) is 6.07 Å². The lowest BCUT2D eigenvalue weighted by Crippen LogP contribution is -2.84. The summed E-state index contributed by atoms with van der Waals surface area (Å²) in [6.07, 6.45) is -0.596. The number of nitrogens with one attached hydrogen (secondary N) is 3. The molecule has 1 aliphatic heterocycles. The molecule has 1 heterocycles. The van der Waals surface area contributed by atoms with Gasteiger partial charge in [0.05, 0.1) is 17.1 Å². The van der Waals surface area contributed by atoms with Crippen LogP contribution in [0.1, 0.15) is 19.3 Å². The van der Waals surface area contributed by atoms with Crippen LogP contribution in [0.2, 0.25) is 5.02 Å². The first-order chi connectivity index (χ1) is 14.6. The molecule has 4 aliphatic rings. The molecule has 0 spiro atoms. The zero-order chi connectivity index (χ0) is 22.4. The lowest BCUT2D eigenvalue weighted by Gasteiger charge is -2.73. The van der Waals surface area contributed by atoms with Gasteiger partial charge in [0, 0.05) is 37.3 Å².